The minimum Gasteiger partial charge on any atom is -0.486 e. The smallest absolute Gasteiger partial charge is 0.254 e. The highest BCUT2D eigenvalue weighted by atomic mass is 16.6. The molecule has 0 aliphatic carbocycles. The van der Waals surface area contributed by atoms with Crippen LogP contribution in [0.25, 0.3) is 0 Å². The van der Waals surface area contributed by atoms with Crippen molar-refractivity contribution in [3.63, 3.8) is 0 Å². The number of carbonyl (C=O) groups is 1. The van der Waals surface area contributed by atoms with E-state index in [4.69, 9.17) is 14.2 Å². The summed E-state index contributed by atoms with van der Waals surface area (Å²) in [6.07, 6.45) is 2.99. The number of nitrogens with zero attached hydrogens (tertiary/aromatic N) is 1. The number of pyridine rings is 1. The molecular weight excluding hydrogens is 322 g/mol. The third kappa shape index (κ3) is 3.66. The largest absolute Gasteiger partial charge is 0.486 e. The Balaban J connectivity index is 1.39. The summed E-state index contributed by atoms with van der Waals surface area (Å²) in [4.78, 5) is 16.3. The highest BCUT2D eigenvalue weighted by Gasteiger charge is 2.23. The quantitative estimate of drug-likeness (QED) is 0.890. The first-order valence-electron chi connectivity index (χ1n) is 8.33. The molecule has 25 heavy (non-hydrogen) atoms. The molecule has 1 unspecified atom stereocenters. The lowest BCUT2D eigenvalue weighted by atomic mass is 10.2. The predicted octanol–water partition coefficient (Wildman–Crippen LogP) is 2.71. The summed E-state index contributed by atoms with van der Waals surface area (Å²) in [7, 11) is 0. The van der Waals surface area contributed by atoms with Crippen LogP contribution in [0.5, 0.6) is 11.5 Å². The van der Waals surface area contributed by atoms with Gasteiger partial charge in [0.2, 0.25) is 0 Å². The van der Waals surface area contributed by atoms with E-state index in [2.05, 4.69) is 15.6 Å². The molecule has 0 radical (unpaired) electrons. The van der Waals surface area contributed by atoms with Crippen molar-refractivity contribution in [2.24, 2.45) is 0 Å². The van der Waals surface area contributed by atoms with Gasteiger partial charge in [0, 0.05) is 18.4 Å². The minimum atomic E-state index is -0.364. The van der Waals surface area contributed by atoms with Gasteiger partial charge in [-0.2, -0.15) is 0 Å². The van der Waals surface area contributed by atoms with E-state index in [1.807, 2.05) is 24.3 Å². The third-order valence-electron chi connectivity index (χ3n) is 4.07. The number of hydrogen-bond donors (Lipinski definition) is 2. The van der Waals surface area contributed by atoms with Crippen LogP contribution in [0.4, 0.5) is 17.2 Å². The zero-order valence-electron chi connectivity index (χ0n) is 13.7. The minimum absolute atomic E-state index is 0.141. The number of amides is 1. The lowest BCUT2D eigenvalue weighted by Gasteiger charge is -2.19. The number of fused-ring (bicyclic) bond motifs is 1. The topological polar surface area (TPSA) is 81.7 Å². The molecule has 3 heterocycles. The standard InChI is InChI=1S/C18H19N3O4/c22-18(15-2-1-7-23-15)21-17-6-4-13(11-19-17)20-12-3-5-14-16(10-12)25-9-8-24-14/h3-6,10-11,15,20H,1-2,7-9H2,(H,19,21,22). The predicted molar refractivity (Wildman–Crippen MR) is 92.6 cm³/mol. The Morgan fingerprint density at radius 1 is 1.04 bits per heavy atom. The molecule has 0 spiro atoms. The van der Waals surface area contributed by atoms with E-state index in [0.717, 1.165) is 35.7 Å². The average Bonchev–Trinajstić information content (AvgIpc) is 3.18. The number of rotatable bonds is 4. The van der Waals surface area contributed by atoms with Crippen LogP contribution in [0.2, 0.25) is 0 Å². The van der Waals surface area contributed by atoms with Gasteiger partial charge in [0.05, 0.1) is 11.9 Å². The molecule has 1 amide bonds. The monoisotopic (exact) mass is 341 g/mol. The van der Waals surface area contributed by atoms with Crippen LogP contribution in [-0.4, -0.2) is 36.8 Å². The van der Waals surface area contributed by atoms with Gasteiger partial charge in [0.25, 0.3) is 5.91 Å². The van der Waals surface area contributed by atoms with Crippen molar-refractivity contribution in [3.05, 3.63) is 36.5 Å². The molecular formula is C18H19N3O4. The average molecular weight is 341 g/mol. The summed E-state index contributed by atoms with van der Waals surface area (Å²) in [5.74, 6) is 1.84. The van der Waals surface area contributed by atoms with Crippen molar-refractivity contribution in [1.29, 1.82) is 0 Å². The molecule has 2 aliphatic heterocycles. The summed E-state index contributed by atoms with van der Waals surface area (Å²) >= 11 is 0. The second kappa shape index (κ2) is 6.98. The zero-order chi connectivity index (χ0) is 17.1. The fourth-order valence-electron chi connectivity index (χ4n) is 2.82. The van der Waals surface area contributed by atoms with Gasteiger partial charge >= 0.3 is 0 Å². The maximum absolute atomic E-state index is 12.0. The fraction of sp³-hybridized carbons (Fsp3) is 0.333. The zero-order valence-corrected chi connectivity index (χ0v) is 13.7. The Labute approximate surface area is 145 Å². The van der Waals surface area contributed by atoms with E-state index in [1.54, 1.807) is 12.3 Å². The lowest BCUT2D eigenvalue weighted by Crippen LogP contribution is -2.27. The summed E-state index contributed by atoms with van der Waals surface area (Å²) in [5, 5.41) is 6.03. The maximum atomic E-state index is 12.0. The van der Waals surface area contributed by atoms with Gasteiger partial charge in [-0.05, 0) is 37.1 Å². The second-order valence-corrected chi connectivity index (χ2v) is 5.91. The Morgan fingerprint density at radius 2 is 1.88 bits per heavy atom. The van der Waals surface area contributed by atoms with E-state index >= 15 is 0 Å². The maximum Gasteiger partial charge on any atom is 0.254 e. The molecule has 1 aromatic heterocycles. The Kier molecular flexibility index (Phi) is 4.39. The lowest BCUT2D eigenvalue weighted by molar-refractivity contribution is -0.124. The summed E-state index contributed by atoms with van der Waals surface area (Å²) < 4.78 is 16.4. The van der Waals surface area contributed by atoms with Gasteiger partial charge in [0.1, 0.15) is 25.1 Å². The van der Waals surface area contributed by atoms with E-state index in [0.29, 0.717) is 25.6 Å². The number of aromatic nitrogens is 1. The molecule has 7 heteroatoms. The highest BCUT2D eigenvalue weighted by molar-refractivity contribution is 5.93. The van der Waals surface area contributed by atoms with Gasteiger partial charge in [-0.25, -0.2) is 4.98 Å². The normalized spacial score (nSPS) is 18.6. The number of hydrogen-bond acceptors (Lipinski definition) is 6. The highest BCUT2D eigenvalue weighted by Crippen LogP contribution is 2.33. The first kappa shape index (κ1) is 15.7. The molecule has 1 saturated heterocycles. The summed E-state index contributed by atoms with van der Waals surface area (Å²) in [6, 6.07) is 9.30. The SMILES string of the molecule is O=C(Nc1ccc(Nc2ccc3c(c2)OCCO3)cn1)C1CCCO1. The van der Waals surface area contributed by atoms with Crippen LogP contribution >= 0.6 is 0 Å². The molecule has 2 aromatic rings. The van der Waals surface area contributed by atoms with Crippen LogP contribution in [-0.2, 0) is 9.53 Å². The van der Waals surface area contributed by atoms with Crippen LogP contribution < -0.4 is 20.1 Å². The number of nitrogens with one attached hydrogen (secondary N) is 2. The molecule has 7 nitrogen and oxygen atoms in total. The van der Waals surface area contributed by atoms with Crippen molar-refractivity contribution in [1.82, 2.24) is 4.98 Å². The second-order valence-electron chi connectivity index (χ2n) is 5.91. The first-order chi connectivity index (χ1) is 12.3. The first-order valence-corrected chi connectivity index (χ1v) is 8.33. The molecule has 2 N–H and O–H groups in total. The third-order valence-corrected chi connectivity index (χ3v) is 4.07. The molecule has 0 saturated carbocycles. The van der Waals surface area contributed by atoms with Crippen molar-refractivity contribution < 1.29 is 19.0 Å². The summed E-state index contributed by atoms with van der Waals surface area (Å²) in [5.41, 5.74) is 1.69. The molecule has 4 rings (SSSR count). The Morgan fingerprint density at radius 3 is 2.64 bits per heavy atom. The van der Waals surface area contributed by atoms with Gasteiger partial charge in [-0.1, -0.05) is 0 Å². The Bertz CT molecular complexity index is 757. The molecule has 2 aliphatic rings. The van der Waals surface area contributed by atoms with Crippen LogP contribution in [0.1, 0.15) is 12.8 Å². The van der Waals surface area contributed by atoms with Crippen molar-refractivity contribution in [2.75, 3.05) is 30.5 Å². The van der Waals surface area contributed by atoms with Crippen molar-refractivity contribution >= 4 is 23.1 Å². The molecule has 0 bridgehead atoms. The molecule has 1 fully saturated rings. The number of anilines is 3. The van der Waals surface area contributed by atoms with Gasteiger partial charge in [-0.3, -0.25) is 4.79 Å². The van der Waals surface area contributed by atoms with Crippen LogP contribution in [0.15, 0.2) is 36.5 Å². The van der Waals surface area contributed by atoms with E-state index in [9.17, 15) is 4.79 Å². The van der Waals surface area contributed by atoms with E-state index < -0.39 is 0 Å². The van der Waals surface area contributed by atoms with Gasteiger partial charge in [-0.15, -0.1) is 0 Å². The number of carbonyl (C=O) groups excluding carboxylic acids is 1. The molecule has 130 valence electrons. The van der Waals surface area contributed by atoms with Crippen LogP contribution in [0.3, 0.4) is 0 Å². The fourth-order valence-corrected chi connectivity index (χ4v) is 2.82. The van der Waals surface area contributed by atoms with Crippen molar-refractivity contribution in [3.8, 4) is 11.5 Å². The van der Waals surface area contributed by atoms with Crippen molar-refractivity contribution in [2.45, 2.75) is 18.9 Å². The van der Waals surface area contributed by atoms with E-state index in [-0.39, 0.29) is 12.0 Å². The molecule has 1 aromatic carbocycles. The van der Waals surface area contributed by atoms with Crippen LogP contribution in [0, 0.1) is 0 Å². The van der Waals surface area contributed by atoms with Gasteiger partial charge in [0.15, 0.2) is 11.5 Å². The number of ether oxygens (including phenoxy) is 3. The Hall–Kier alpha value is -2.80. The summed E-state index contributed by atoms with van der Waals surface area (Å²) in [6.45, 7) is 1.77. The number of benzene rings is 1. The van der Waals surface area contributed by atoms with Gasteiger partial charge < -0.3 is 24.8 Å². The molecule has 1 atom stereocenters. The van der Waals surface area contributed by atoms with E-state index in [1.165, 1.54) is 0 Å².